The van der Waals surface area contributed by atoms with Gasteiger partial charge in [-0.15, -0.1) is 0 Å². The summed E-state index contributed by atoms with van der Waals surface area (Å²) in [6.45, 7) is -0.102. The largest absolute Gasteiger partial charge is 0.490 e. The van der Waals surface area contributed by atoms with Crippen molar-refractivity contribution in [3.63, 3.8) is 0 Å². The van der Waals surface area contributed by atoms with Crippen molar-refractivity contribution in [3.8, 4) is 5.75 Å². The van der Waals surface area contributed by atoms with Crippen LogP contribution in [0, 0.1) is 0 Å². The molecule has 2 unspecified atom stereocenters. The maximum absolute atomic E-state index is 11.0. The molecule has 0 radical (unpaired) electrons. The highest BCUT2D eigenvalue weighted by Gasteiger charge is 2.43. The smallest absolute Gasteiger partial charge is 0.323 e. The molecule has 1 aromatic rings. The van der Waals surface area contributed by atoms with Gasteiger partial charge in [0.1, 0.15) is 17.4 Å². The Bertz CT molecular complexity index is 448. The molecule has 1 fully saturated rings. The van der Waals surface area contributed by atoms with Crippen molar-refractivity contribution < 1.29 is 19.7 Å². The van der Waals surface area contributed by atoms with Gasteiger partial charge in [0.05, 0.1) is 6.61 Å². The summed E-state index contributed by atoms with van der Waals surface area (Å²) in [5.74, 6) is -0.385. The first-order chi connectivity index (χ1) is 8.55. The van der Waals surface area contributed by atoms with Gasteiger partial charge >= 0.3 is 5.97 Å². The third-order valence-corrected chi connectivity index (χ3v) is 3.37. The lowest BCUT2D eigenvalue weighted by Gasteiger charge is -2.19. The maximum atomic E-state index is 11.0. The van der Waals surface area contributed by atoms with Gasteiger partial charge < -0.3 is 20.7 Å². The van der Waals surface area contributed by atoms with Crippen LogP contribution in [-0.2, 0) is 11.4 Å². The Hall–Kier alpha value is -1.59. The van der Waals surface area contributed by atoms with Crippen molar-refractivity contribution in [2.75, 3.05) is 0 Å². The lowest BCUT2D eigenvalue weighted by atomic mass is 10.00. The van der Waals surface area contributed by atoms with E-state index in [4.69, 9.17) is 15.6 Å². The van der Waals surface area contributed by atoms with E-state index in [2.05, 4.69) is 0 Å². The third-order valence-electron chi connectivity index (χ3n) is 3.37. The first kappa shape index (κ1) is 12.9. The molecule has 4 N–H and O–H groups in total. The van der Waals surface area contributed by atoms with Crippen LogP contribution in [-0.4, -0.2) is 27.8 Å². The van der Waals surface area contributed by atoms with Gasteiger partial charge in [-0.25, -0.2) is 0 Å². The van der Waals surface area contributed by atoms with E-state index in [1.807, 2.05) is 12.1 Å². The number of carbonyl (C=O) groups is 1. The molecule has 5 nitrogen and oxygen atoms in total. The van der Waals surface area contributed by atoms with E-state index in [9.17, 15) is 9.90 Å². The van der Waals surface area contributed by atoms with Gasteiger partial charge in [-0.05, 0) is 18.9 Å². The summed E-state index contributed by atoms with van der Waals surface area (Å²) in [5.41, 5.74) is 5.30. The summed E-state index contributed by atoms with van der Waals surface area (Å²) in [6, 6.07) is 7.17. The van der Waals surface area contributed by atoms with Gasteiger partial charge in [-0.1, -0.05) is 18.2 Å². The first-order valence-electron chi connectivity index (χ1n) is 5.93. The standard InChI is InChI=1S/C13H17NO4/c14-13(12(16)17)6-5-10(7-13)18-11-4-2-1-3-9(11)8-15/h1-4,10,15H,5-8,14H2,(H,16,17). The van der Waals surface area contributed by atoms with Crippen LogP contribution in [0.25, 0.3) is 0 Å². The third kappa shape index (κ3) is 2.47. The van der Waals surface area contributed by atoms with Crippen molar-refractivity contribution in [2.45, 2.75) is 37.5 Å². The van der Waals surface area contributed by atoms with Gasteiger partial charge in [0.15, 0.2) is 0 Å². The molecule has 0 spiro atoms. The van der Waals surface area contributed by atoms with E-state index < -0.39 is 11.5 Å². The summed E-state index contributed by atoms with van der Waals surface area (Å²) < 4.78 is 5.74. The van der Waals surface area contributed by atoms with Gasteiger partial charge in [-0.3, -0.25) is 4.79 Å². The molecular weight excluding hydrogens is 234 g/mol. The number of carboxylic acid groups (broad SMARTS) is 1. The highest BCUT2D eigenvalue weighted by molar-refractivity contribution is 5.79. The molecule has 18 heavy (non-hydrogen) atoms. The number of nitrogens with two attached hydrogens (primary N) is 1. The highest BCUT2D eigenvalue weighted by atomic mass is 16.5. The van der Waals surface area contributed by atoms with Gasteiger partial charge in [0.2, 0.25) is 0 Å². The molecule has 0 bridgehead atoms. The number of para-hydroxylation sites is 1. The van der Waals surface area contributed by atoms with E-state index in [1.165, 1.54) is 0 Å². The minimum Gasteiger partial charge on any atom is -0.490 e. The summed E-state index contributed by atoms with van der Waals surface area (Å²) in [4.78, 5) is 11.0. The molecule has 5 heteroatoms. The van der Waals surface area contributed by atoms with Crippen LogP contribution in [0.5, 0.6) is 5.75 Å². The molecule has 1 aliphatic carbocycles. The van der Waals surface area contributed by atoms with Crippen molar-refractivity contribution in [1.29, 1.82) is 0 Å². The van der Waals surface area contributed by atoms with E-state index in [0.717, 1.165) is 0 Å². The van der Waals surface area contributed by atoms with Crippen molar-refractivity contribution in [3.05, 3.63) is 29.8 Å². The summed E-state index contributed by atoms with van der Waals surface area (Å²) in [6.07, 6.45) is 1.11. The van der Waals surface area contributed by atoms with Gasteiger partial charge in [0, 0.05) is 12.0 Å². The van der Waals surface area contributed by atoms with E-state index in [-0.39, 0.29) is 12.7 Å². The molecule has 0 aromatic heterocycles. The number of aliphatic carboxylic acids is 1. The SMILES string of the molecule is NC1(C(=O)O)CCC(Oc2ccccc2CO)C1. The maximum Gasteiger partial charge on any atom is 0.323 e. The highest BCUT2D eigenvalue weighted by Crippen LogP contribution is 2.32. The first-order valence-corrected chi connectivity index (χ1v) is 5.93. The fourth-order valence-electron chi connectivity index (χ4n) is 2.25. The molecule has 0 saturated heterocycles. The van der Waals surface area contributed by atoms with Crippen molar-refractivity contribution in [1.82, 2.24) is 0 Å². The molecule has 0 amide bonds. The molecule has 98 valence electrons. The average Bonchev–Trinajstić information content (AvgIpc) is 2.73. The zero-order valence-corrected chi connectivity index (χ0v) is 10.0. The minimum atomic E-state index is -1.18. The quantitative estimate of drug-likeness (QED) is 0.739. The van der Waals surface area contributed by atoms with E-state index in [1.54, 1.807) is 12.1 Å². The molecular formula is C13H17NO4. The van der Waals surface area contributed by atoms with Gasteiger partial charge in [-0.2, -0.15) is 0 Å². The monoisotopic (exact) mass is 251 g/mol. The van der Waals surface area contributed by atoms with Crippen LogP contribution in [0.4, 0.5) is 0 Å². The molecule has 1 aromatic carbocycles. The second-order valence-corrected chi connectivity index (χ2v) is 4.71. The van der Waals surface area contributed by atoms with Crippen molar-refractivity contribution >= 4 is 5.97 Å². The van der Waals surface area contributed by atoms with Crippen LogP contribution in [0.3, 0.4) is 0 Å². The summed E-state index contributed by atoms with van der Waals surface area (Å²) in [7, 11) is 0. The Kier molecular flexibility index (Phi) is 3.54. The fraction of sp³-hybridized carbons (Fsp3) is 0.462. The molecule has 0 aliphatic heterocycles. The normalized spacial score (nSPS) is 27.1. The zero-order chi connectivity index (χ0) is 13.2. The lowest BCUT2D eigenvalue weighted by molar-refractivity contribution is -0.143. The van der Waals surface area contributed by atoms with E-state index in [0.29, 0.717) is 30.6 Å². The molecule has 1 saturated carbocycles. The van der Waals surface area contributed by atoms with Crippen LogP contribution >= 0.6 is 0 Å². The van der Waals surface area contributed by atoms with Crippen LogP contribution in [0.1, 0.15) is 24.8 Å². The Morgan fingerprint density at radius 1 is 1.50 bits per heavy atom. The minimum absolute atomic E-state index is 0.102. The van der Waals surface area contributed by atoms with E-state index >= 15 is 0 Å². The Balaban J connectivity index is 2.06. The number of aliphatic hydroxyl groups excluding tert-OH is 1. The Morgan fingerprint density at radius 2 is 2.22 bits per heavy atom. The number of benzene rings is 1. The van der Waals surface area contributed by atoms with Crippen LogP contribution in [0.2, 0.25) is 0 Å². The second-order valence-electron chi connectivity index (χ2n) is 4.71. The molecule has 2 atom stereocenters. The number of carboxylic acids is 1. The van der Waals surface area contributed by atoms with Crippen molar-refractivity contribution in [2.24, 2.45) is 5.73 Å². The number of ether oxygens (including phenoxy) is 1. The topological polar surface area (TPSA) is 92.8 Å². The zero-order valence-electron chi connectivity index (χ0n) is 10.0. The molecule has 2 rings (SSSR count). The number of rotatable bonds is 4. The Labute approximate surface area is 105 Å². The van der Waals surface area contributed by atoms with Crippen LogP contribution < -0.4 is 10.5 Å². The number of hydrogen-bond donors (Lipinski definition) is 3. The van der Waals surface area contributed by atoms with Gasteiger partial charge in [0.25, 0.3) is 0 Å². The number of hydrogen-bond acceptors (Lipinski definition) is 4. The predicted octanol–water partition coefficient (Wildman–Crippen LogP) is 0.892. The summed E-state index contributed by atoms with van der Waals surface area (Å²) in [5, 5.41) is 18.2. The molecule has 1 aliphatic rings. The predicted molar refractivity (Wildman–Crippen MR) is 65.2 cm³/mol. The second kappa shape index (κ2) is 4.96. The number of aliphatic hydroxyl groups is 1. The Morgan fingerprint density at radius 3 is 2.83 bits per heavy atom. The molecule has 0 heterocycles. The average molecular weight is 251 g/mol. The van der Waals surface area contributed by atoms with Crippen LogP contribution in [0.15, 0.2) is 24.3 Å². The lowest BCUT2D eigenvalue weighted by Crippen LogP contribution is -2.46. The fourth-order valence-corrected chi connectivity index (χ4v) is 2.25. The summed E-state index contributed by atoms with van der Waals surface area (Å²) >= 11 is 0.